The Hall–Kier alpha value is -1.58. The summed E-state index contributed by atoms with van der Waals surface area (Å²) in [7, 11) is 5.52. The van der Waals surface area contributed by atoms with E-state index in [0.717, 1.165) is 0 Å². The molecular formula is C8H5BN2O. The average molecular weight is 156 g/mol. The van der Waals surface area contributed by atoms with E-state index in [9.17, 15) is 4.79 Å². The zero-order valence-corrected chi connectivity index (χ0v) is 6.24. The first-order valence-electron chi connectivity index (χ1n) is 3.50. The molecule has 2 aromatic rings. The highest BCUT2D eigenvalue weighted by atomic mass is 16.1. The van der Waals surface area contributed by atoms with Crippen molar-refractivity contribution < 1.29 is 0 Å². The van der Waals surface area contributed by atoms with E-state index in [4.69, 9.17) is 7.85 Å². The first-order valence-corrected chi connectivity index (χ1v) is 3.50. The summed E-state index contributed by atoms with van der Waals surface area (Å²) in [5.41, 5.74) is 1.10. The van der Waals surface area contributed by atoms with Crippen molar-refractivity contribution in [2.45, 2.75) is 0 Å². The molecule has 3 nitrogen and oxygen atoms in total. The van der Waals surface area contributed by atoms with Gasteiger partial charge in [0.25, 0.3) is 5.56 Å². The normalized spacial score (nSPS) is 10.3. The van der Waals surface area contributed by atoms with Gasteiger partial charge in [0.15, 0.2) is 0 Å². The van der Waals surface area contributed by atoms with Crippen molar-refractivity contribution in [1.29, 1.82) is 0 Å². The maximum Gasteiger partial charge on any atom is 0.258 e. The molecule has 12 heavy (non-hydrogen) atoms. The lowest BCUT2D eigenvalue weighted by Crippen LogP contribution is -2.09. The number of rotatable bonds is 0. The number of hydrogen-bond donors (Lipinski definition) is 1. The van der Waals surface area contributed by atoms with Gasteiger partial charge in [-0.05, 0) is 12.1 Å². The molecule has 4 heteroatoms. The van der Waals surface area contributed by atoms with Crippen LogP contribution in [0.25, 0.3) is 10.9 Å². The van der Waals surface area contributed by atoms with E-state index < -0.39 is 0 Å². The Morgan fingerprint density at radius 1 is 1.42 bits per heavy atom. The van der Waals surface area contributed by atoms with Gasteiger partial charge < -0.3 is 4.98 Å². The molecule has 56 valence electrons. The minimum atomic E-state index is -0.139. The van der Waals surface area contributed by atoms with E-state index in [2.05, 4.69) is 9.97 Å². The number of aromatic nitrogens is 2. The highest BCUT2D eigenvalue weighted by Gasteiger charge is 1.96. The van der Waals surface area contributed by atoms with Gasteiger partial charge in [0, 0.05) is 0 Å². The monoisotopic (exact) mass is 156 g/mol. The summed E-state index contributed by atoms with van der Waals surface area (Å²) in [4.78, 5) is 17.6. The second-order valence-electron chi connectivity index (χ2n) is 2.51. The number of hydrogen-bond acceptors (Lipinski definition) is 2. The molecule has 0 saturated heterocycles. The molecular weight excluding hydrogens is 151 g/mol. The van der Waals surface area contributed by atoms with Crippen LogP contribution in [0.15, 0.2) is 29.3 Å². The molecule has 2 rings (SSSR count). The van der Waals surface area contributed by atoms with Crippen LogP contribution in [0.3, 0.4) is 0 Å². The number of aromatic amines is 1. The van der Waals surface area contributed by atoms with Crippen molar-refractivity contribution in [1.82, 2.24) is 9.97 Å². The van der Waals surface area contributed by atoms with E-state index in [1.807, 2.05) is 0 Å². The molecule has 0 atom stereocenters. The van der Waals surface area contributed by atoms with Crippen molar-refractivity contribution in [2.24, 2.45) is 0 Å². The van der Waals surface area contributed by atoms with E-state index >= 15 is 0 Å². The van der Waals surface area contributed by atoms with Crippen molar-refractivity contribution in [3.05, 3.63) is 34.9 Å². The summed E-state index contributed by atoms with van der Waals surface area (Å²) >= 11 is 0. The standard InChI is InChI=1S/C8H5BN2O/c9-5-1-2-6-7(3-5)10-4-11-8(6)12/h1-4H,(H,10,11,12). The van der Waals surface area contributed by atoms with Crippen molar-refractivity contribution >= 4 is 24.2 Å². The minimum Gasteiger partial charge on any atom is -0.313 e. The number of H-pyrrole nitrogens is 1. The van der Waals surface area contributed by atoms with Crippen molar-refractivity contribution in [3.8, 4) is 0 Å². The van der Waals surface area contributed by atoms with Crippen LogP contribution in [-0.4, -0.2) is 17.8 Å². The minimum absolute atomic E-state index is 0.139. The van der Waals surface area contributed by atoms with Gasteiger partial charge >= 0.3 is 0 Å². The van der Waals surface area contributed by atoms with Crippen LogP contribution in [0.5, 0.6) is 0 Å². The second-order valence-corrected chi connectivity index (χ2v) is 2.51. The molecule has 0 aliphatic carbocycles. The Bertz CT molecular complexity index is 478. The third kappa shape index (κ3) is 1.01. The topological polar surface area (TPSA) is 45.8 Å². The lowest BCUT2D eigenvalue weighted by Gasteiger charge is -1.95. The van der Waals surface area contributed by atoms with E-state index in [1.165, 1.54) is 6.33 Å². The summed E-state index contributed by atoms with van der Waals surface area (Å²) in [6.07, 6.45) is 1.37. The summed E-state index contributed by atoms with van der Waals surface area (Å²) in [6.45, 7) is 0. The third-order valence-electron chi connectivity index (χ3n) is 1.67. The van der Waals surface area contributed by atoms with E-state index in [0.29, 0.717) is 16.4 Å². The summed E-state index contributed by atoms with van der Waals surface area (Å²) < 4.78 is 0. The number of fused-ring (bicyclic) bond motifs is 1. The van der Waals surface area contributed by atoms with E-state index in [-0.39, 0.29) is 5.56 Å². The zero-order valence-electron chi connectivity index (χ0n) is 6.24. The lowest BCUT2D eigenvalue weighted by molar-refractivity contribution is 1.17. The molecule has 0 saturated carbocycles. The Morgan fingerprint density at radius 3 is 3.08 bits per heavy atom. The SMILES string of the molecule is [B]c1ccc2c(=O)[nH]cnc2c1. The molecule has 1 N–H and O–H groups in total. The molecule has 0 unspecified atom stereocenters. The highest BCUT2D eigenvalue weighted by Crippen LogP contribution is 2.00. The third-order valence-corrected chi connectivity index (χ3v) is 1.67. The van der Waals surface area contributed by atoms with Crippen LogP contribution in [0.4, 0.5) is 0 Å². The largest absolute Gasteiger partial charge is 0.313 e. The van der Waals surface area contributed by atoms with Gasteiger partial charge in [-0.2, -0.15) is 0 Å². The van der Waals surface area contributed by atoms with Crippen molar-refractivity contribution in [3.63, 3.8) is 0 Å². The van der Waals surface area contributed by atoms with Crippen LogP contribution in [0.2, 0.25) is 0 Å². The zero-order chi connectivity index (χ0) is 8.55. The van der Waals surface area contributed by atoms with Gasteiger partial charge in [0.05, 0.1) is 17.2 Å². The predicted molar refractivity (Wildman–Crippen MR) is 47.8 cm³/mol. The predicted octanol–water partition coefficient (Wildman–Crippen LogP) is -0.283. The summed E-state index contributed by atoms with van der Waals surface area (Å²) in [6, 6.07) is 5.01. The van der Waals surface area contributed by atoms with Crippen LogP contribution < -0.4 is 11.0 Å². The Labute approximate surface area is 69.9 Å². The summed E-state index contributed by atoms with van der Waals surface area (Å²) in [5.74, 6) is 0. The Morgan fingerprint density at radius 2 is 2.25 bits per heavy atom. The molecule has 0 aliphatic heterocycles. The fraction of sp³-hybridized carbons (Fsp3) is 0. The molecule has 0 spiro atoms. The molecule has 1 aromatic carbocycles. The molecule has 2 radical (unpaired) electrons. The Kier molecular flexibility index (Phi) is 1.47. The van der Waals surface area contributed by atoms with Crippen molar-refractivity contribution in [2.75, 3.05) is 0 Å². The maximum atomic E-state index is 11.2. The van der Waals surface area contributed by atoms with Crippen LogP contribution in [0.1, 0.15) is 0 Å². The lowest BCUT2D eigenvalue weighted by atomic mass is 9.95. The quantitative estimate of drug-likeness (QED) is 0.533. The maximum absolute atomic E-state index is 11.2. The molecule has 1 heterocycles. The van der Waals surface area contributed by atoms with Gasteiger partial charge in [0.1, 0.15) is 7.85 Å². The first kappa shape index (κ1) is 7.09. The second kappa shape index (κ2) is 2.48. The number of nitrogens with zero attached hydrogens (tertiary/aromatic N) is 1. The van der Waals surface area contributed by atoms with Gasteiger partial charge in [-0.25, -0.2) is 4.98 Å². The van der Waals surface area contributed by atoms with Crippen LogP contribution >= 0.6 is 0 Å². The molecule has 0 amide bonds. The number of nitrogens with one attached hydrogen (secondary N) is 1. The first-order chi connectivity index (χ1) is 5.77. The fourth-order valence-electron chi connectivity index (χ4n) is 1.09. The Balaban J connectivity index is 2.96. The van der Waals surface area contributed by atoms with Crippen LogP contribution in [0, 0.1) is 0 Å². The van der Waals surface area contributed by atoms with Gasteiger partial charge in [-0.1, -0.05) is 11.5 Å². The van der Waals surface area contributed by atoms with Gasteiger partial charge in [0.2, 0.25) is 0 Å². The smallest absolute Gasteiger partial charge is 0.258 e. The molecule has 0 fully saturated rings. The molecule has 0 bridgehead atoms. The number of benzene rings is 1. The van der Waals surface area contributed by atoms with E-state index in [1.54, 1.807) is 18.2 Å². The molecule has 1 aromatic heterocycles. The van der Waals surface area contributed by atoms with Gasteiger partial charge in [-0.3, -0.25) is 4.79 Å². The average Bonchev–Trinajstić information content (AvgIpc) is 2.04. The summed E-state index contributed by atoms with van der Waals surface area (Å²) in [5, 5.41) is 0.562. The highest BCUT2D eigenvalue weighted by molar-refractivity contribution is 6.33. The van der Waals surface area contributed by atoms with Crippen LogP contribution in [-0.2, 0) is 0 Å². The molecule has 0 aliphatic rings. The van der Waals surface area contributed by atoms with Gasteiger partial charge in [-0.15, -0.1) is 0 Å². The fourth-order valence-corrected chi connectivity index (χ4v) is 1.09.